The summed E-state index contributed by atoms with van der Waals surface area (Å²) in [5.74, 6) is -0.0650. The van der Waals surface area contributed by atoms with Crippen LogP contribution in [0, 0.1) is 11.7 Å². The molecule has 0 aliphatic heterocycles. The van der Waals surface area contributed by atoms with Gasteiger partial charge in [0.1, 0.15) is 5.82 Å². The number of hydrogen-bond acceptors (Lipinski definition) is 2. The summed E-state index contributed by atoms with van der Waals surface area (Å²) in [5.41, 5.74) is 1.27. The highest BCUT2D eigenvalue weighted by Crippen LogP contribution is 2.19. The monoisotopic (exact) mass is 273 g/mol. The Morgan fingerprint density at radius 2 is 1.80 bits per heavy atom. The molecule has 0 N–H and O–H groups in total. The zero-order valence-electron chi connectivity index (χ0n) is 11.5. The van der Waals surface area contributed by atoms with E-state index in [4.69, 9.17) is 0 Å². The molecule has 1 aromatic heterocycles. The minimum Gasteiger partial charge on any atom is -0.307 e. The van der Waals surface area contributed by atoms with Gasteiger partial charge < -0.3 is 4.57 Å². The predicted molar refractivity (Wildman–Crippen MR) is 76.3 cm³/mol. The quantitative estimate of drug-likeness (QED) is 0.803. The van der Waals surface area contributed by atoms with Crippen molar-refractivity contribution in [2.75, 3.05) is 0 Å². The molecular formula is C16H16FNO2. The fourth-order valence-corrected chi connectivity index (χ4v) is 2.10. The van der Waals surface area contributed by atoms with Gasteiger partial charge >= 0.3 is 0 Å². The van der Waals surface area contributed by atoms with Gasteiger partial charge in [-0.25, -0.2) is 4.39 Å². The third kappa shape index (κ3) is 2.85. The number of nitrogens with zero attached hydrogens (tertiary/aromatic N) is 1. The topological polar surface area (TPSA) is 39.1 Å². The molecule has 0 fully saturated rings. The Bertz CT molecular complexity index is 672. The van der Waals surface area contributed by atoms with Crippen molar-refractivity contribution in [3.05, 3.63) is 58.1 Å². The third-order valence-electron chi connectivity index (χ3n) is 3.02. The van der Waals surface area contributed by atoms with E-state index in [1.54, 1.807) is 22.8 Å². The summed E-state index contributed by atoms with van der Waals surface area (Å²) in [5, 5.41) is 0. The van der Waals surface area contributed by atoms with Gasteiger partial charge in [-0.1, -0.05) is 13.8 Å². The highest BCUT2D eigenvalue weighted by Gasteiger charge is 2.11. The largest absolute Gasteiger partial charge is 0.307 e. The van der Waals surface area contributed by atoms with E-state index >= 15 is 0 Å². The lowest BCUT2D eigenvalue weighted by atomic mass is 10.1. The fraction of sp³-hybridized carbons (Fsp3) is 0.250. The number of pyridine rings is 1. The summed E-state index contributed by atoms with van der Waals surface area (Å²) in [4.78, 5) is 23.1. The Morgan fingerprint density at radius 1 is 1.15 bits per heavy atom. The minimum atomic E-state index is -0.323. The van der Waals surface area contributed by atoms with Crippen molar-refractivity contribution in [2.24, 2.45) is 5.92 Å². The molecule has 0 radical (unpaired) electrons. The van der Waals surface area contributed by atoms with Crippen LogP contribution in [0.25, 0.3) is 11.3 Å². The Balaban J connectivity index is 2.63. The van der Waals surface area contributed by atoms with Crippen LogP contribution in [-0.4, -0.2) is 10.9 Å². The van der Waals surface area contributed by atoms with E-state index in [-0.39, 0.29) is 22.9 Å². The zero-order chi connectivity index (χ0) is 14.7. The summed E-state index contributed by atoms with van der Waals surface area (Å²) >= 11 is 0. The van der Waals surface area contributed by atoms with Gasteiger partial charge in [0.2, 0.25) is 0 Å². The molecule has 1 aromatic carbocycles. The number of aromatic nitrogens is 1. The minimum absolute atomic E-state index is 0.136. The first kappa shape index (κ1) is 14.2. The molecule has 104 valence electrons. The van der Waals surface area contributed by atoms with Crippen LogP contribution < -0.4 is 5.56 Å². The van der Waals surface area contributed by atoms with Gasteiger partial charge in [0, 0.05) is 6.54 Å². The average molecular weight is 273 g/mol. The third-order valence-corrected chi connectivity index (χ3v) is 3.02. The van der Waals surface area contributed by atoms with Gasteiger partial charge in [-0.05, 0) is 47.9 Å². The maximum atomic E-state index is 13.0. The van der Waals surface area contributed by atoms with Crippen LogP contribution in [0.5, 0.6) is 0 Å². The number of hydrogen-bond donors (Lipinski definition) is 0. The second kappa shape index (κ2) is 5.82. The van der Waals surface area contributed by atoms with E-state index < -0.39 is 0 Å². The predicted octanol–water partition coefficient (Wildman–Crippen LogP) is 3.12. The summed E-state index contributed by atoms with van der Waals surface area (Å²) < 4.78 is 14.6. The van der Waals surface area contributed by atoms with Gasteiger partial charge in [0.25, 0.3) is 5.56 Å². The number of benzene rings is 1. The van der Waals surface area contributed by atoms with E-state index in [0.29, 0.717) is 18.5 Å². The normalized spacial score (nSPS) is 10.8. The SMILES string of the molecule is CC(C)Cn1c(-c2ccc(F)cc2)ccc(C=O)c1=O. The molecule has 0 amide bonds. The fourth-order valence-electron chi connectivity index (χ4n) is 2.10. The molecule has 4 heteroatoms. The number of rotatable bonds is 4. The Hall–Kier alpha value is -2.23. The van der Waals surface area contributed by atoms with Crippen LogP contribution in [0.15, 0.2) is 41.2 Å². The van der Waals surface area contributed by atoms with Crippen LogP contribution in [-0.2, 0) is 6.54 Å². The van der Waals surface area contributed by atoms with Crippen molar-refractivity contribution in [1.29, 1.82) is 0 Å². The van der Waals surface area contributed by atoms with Crippen molar-refractivity contribution in [3.63, 3.8) is 0 Å². The second-order valence-electron chi connectivity index (χ2n) is 5.11. The summed E-state index contributed by atoms with van der Waals surface area (Å²) in [6.45, 7) is 4.50. The highest BCUT2D eigenvalue weighted by atomic mass is 19.1. The standard InChI is InChI=1S/C16H16FNO2/c1-11(2)9-18-15(8-5-13(10-19)16(18)20)12-3-6-14(17)7-4-12/h3-8,10-11H,9H2,1-2H3. The molecular weight excluding hydrogens is 257 g/mol. The van der Waals surface area contributed by atoms with Crippen molar-refractivity contribution in [2.45, 2.75) is 20.4 Å². The average Bonchev–Trinajstić information content (AvgIpc) is 2.42. The molecule has 20 heavy (non-hydrogen) atoms. The smallest absolute Gasteiger partial charge is 0.261 e. The lowest BCUT2D eigenvalue weighted by Crippen LogP contribution is -2.26. The number of carbonyl (C=O) groups is 1. The van der Waals surface area contributed by atoms with Crippen molar-refractivity contribution < 1.29 is 9.18 Å². The van der Waals surface area contributed by atoms with Gasteiger partial charge in [-0.2, -0.15) is 0 Å². The van der Waals surface area contributed by atoms with Crippen molar-refractivity contribution >= 4 is 6.29 Å². The summed E-state index contributed by atoms with van der Waals surface area (Å²) in [6.07, 6.45) is 0.563. The maximum absolute atomic E-state index is 13.0. The van der Waals surface area contributed by atoms with Crippen LogP contribution in [0.1, 0.15) is 24.2 Å². The van der Waals surface area contributed by atoms with Gasteiger partial charge in [-0.3, -0.25) is 9.59 Å². The molecule has 3 nitrogen and oxygen atoms in total. The first-order chi connectivity index (χ1) is 9.52. The first-order valence-electron chi connectivity index (χ1n) is 6.48. The van der Waals surface area contributed by atoms with E-state index in [9.17, 15) is 14.0 Å². The molecule has 0 saturated heterocycles. The number of carbonyl (C=O) groups excluding carboxylic acids is 1. The molecule has 0 saturated carbocycles. The Morgan fingerprint density at radius 3 is 2.35 bits per heavy atom. The van der Waals surface area contributed by atoms with Crippen molar-refractivity contribution in [1.82, 2.24) is 4.57 Å². The molecule has 0 bridgehead atoms. The van der Waals surface area contributed by atoms with Crippen molar-refractivity contribution in [3.8, 4) is 11.3 Å². The van der Waals surface area contributed by atoms with E-state index in [1.807, 2.05) is 13.8 Å². The maximum Gasteiger partial charge on any atom is 0.261 e. The molecule has 2 rings (SSSR count). The Kier molecular flexibility index (Phi) is 4.13. The Labute approximate surface area is 116 Å². The lowest BCUT2D eigenvalue weighted by molar-refractivity contribution is 0.112. The zero-order valence-corrected chi connectivity index (χ0v) is 11.5. The van der Waals surface area contributed by atoms with Crippen LogP contribution in [0.2, 0.25) is 0 Å². The molecule has 0 aliphatic rings. The van der Waals surface area contributed by atoms with E-state index in [0.717, 1.165) is 5.56 Å². The first-order valence-corrected chi connectivity index (χ1v) is 6.48. The van der Waals surface area contributed by atoms with Gasteiger partial charge in [0.05, 0.1) is 11.3 Å². The van der Waals surface area contributed by atoms with Crippen LogP contribution in [0.3, 0.4) is 0 Å². The molecule has 2 aromatic rings. The van der Waals surface area contributed by atoms with Crippen LogP contribution in [0.4, 0.5) is 4.39 Å². The summed E-state index contributed by atoms with van der Waals surface area (Å²) in [6, 6.07) is 9.19. The molecule has 0 unspecified atom stereocenters. The van der Waals surface area contributed by atoms with E-state index in [1.165, 1.54) is 18.2 Å². The second-order valence-corrected chi connectivity index (χ2v) is 5.11. The molecule has 0 spiro atoms. The van der Waals surface area contributed by atoms with Crippen LogP contribution >= 0.6 is 0 Å². The van der Waals surface area contributed by atoms with Gasteiger partial charge in [-0.15, -0.1) is 0 Å². The molecule has 0 aliphatic carbocycles. The van der Waals surface area contributed by atoms with E-state index in [2.05, 4.69) is 0 Å². The molecule has 1 heterocycles. The lowest BCUT2D eigenvalue weighted by Gasteiger charge is -2.15. The highest BCUT2D eigenvalue weighted by molar-refractivity contribution is 5.75. The number of aldehydes is 1. The van der Waals surface area contributed by atoms with Gasteiger partial charge in [0.15, 0.2) is 6.29 Å². The molecule has 0 atom stereocenters. The number of halogens is 1. The summed E-state index contributed by atoms with van der Waals surface area (Å²) in [7, 11) is 0.